The molecule has 6 heteroatoms. The van der Waals surface area contributed by atoms with Crippen LogP contribution in [0.15, 0.2) is 125 Å². The van der Waals surface area contributed by atoms with Crippen LogP contribution in [0.5, 0.6) is 0 Å². The fourth-order valence-corrected chi connectivity index (χ4v) is 4.97. The van der Waals surface area contributed by atoms with E-state index in [1.807, 2.05) is 122 Å². The number of nitrogens with zero attached hydrogens (tertiary/aromatic N) is 1. The van der Waals surface area contributed by atoms with Crippen molar-refractivity contribution in [3.8, 4) is 0 Å². The molecule has 0 spiro atoms. The highest BCUT2D eigenvalue weighted by Crippen LogP contribution is 2.25. The lowest BCUT2D eigenvalue weighted by Crippen LogP contribution is -2.39. The lowest BCUT2D eigenvalue weighted by molar-refractivity contribution is -0.145. The molecule has 0 aliphatic rings. The molecule has 0 aliphatic heterocycles. The van der Waals surface area contributed by atoms with Crippen LogP contribution < -0.4 is 4.72 Å². The van der Waals surface area contributed by atoms with Gasteiger partial charge in [0.15, 0.2) is 6.04 Å². The highest BCUT2D eigenvalue weighted by Gasteiger charge is 2.33. The number of carbonyl (C=O) groups excluding carboxylic acids is 1. The summed E-state index contributed by atoms with van der Waals surface area (Å²) in [6, 6.07) is 34.7. The monoisotopic (exact) mass is 510 g/mol. The smallest absolute Gasteiger partial charge is 0.332 e. The van der Waals surface area contributed by atoms with E-state index in [1.54, 1.807) is 6.92 Å². The van der Waals surface area contributed by atoms with Crippen molar-refractivity contribution in [1.29, 1.82) is 0 Å². The Hall–Kier alpha value is -3.87. The number of ether oxygens (including phenoxy) is 1. The molecule has 0 radical (unpaired) electrons. The highest BCUT2D eigenvalue weighted by molar-refractivity contribution is 7.83. The Morgan fingerprint density at radius 3 is 1.84 bits per heavy atom. The number of esters is 1. The molecule has 0 saturated carbocycles. The number of carbonyl (C=O) groups is 1. The number of rotatable bonds is 10. The van der Waals surface area contributed by atoms with E-state index in [1.165, 1.54) is 0 Å². The quantitative estimate of drug-likeness (QED) is 0.216. The fraction of sp³-hybridized carbons (Fsp3) is 0.161. The largest absolute Gasteiger partial charge is 0.464 e. The van der Waals surface area contributed by atoms with E-state index in [9.17, 15) is 9.00 Å². The van der Waals surface area contributed by atoms with Crippen LogP contribution in [0, 0.1) is 6.92 Å². The first-order valence-corrected chi connectivity index (χ1v) is 13.4. The van der Waals surface area contributed by atoms with E-state index >= 15 is 0 Å². The normalized spacial score (nSPS) is 13.2. The summed E-state index contributed by atoms with van der Waals surface area (Å²) in [6.45, 7) is 3.95. The van der Waals surface area contributed by atoms with Crippen LogP contribution >= 0.6 is 0 Å². The summed E-state index contributed by atoms with van der Waals surface area (Å²) in [5, 5.41) is 0. The van der Waals surface area contributed by atoms with Gasteiger partial charge in [0.25, 0.3) is 0 Å². The van der Waals surface area contributed by atoms with Crippen molar-refractivity contribution >= 4 is 22.7 Å². The van der Waals surface area contributed by atoms with Gasteiger partial charge in [-0.25, -0.2) is 13.7 Å². The molecule has 0 bridgehead atoms. The van der Waals surface area contributed by atoms with E-state index in [0.717, 1.165) is 22.3 Å². The summed E-state index contributed by atoms with van der Waals surface area (Å²) in [5.41, 5.74) is 4.25. The van der Waals surface area contributed by atoms with Crippen molar-refractivity contribution in [3.05, 3.63) is 138 Å². The zero-order valence-corrected chi connectivity index (χ0v) is 21.7. The molecule has 0 aromatic heterocycles. The summed E-state index contributed by atoms with van der Waals surface area (Å²) in [4.78, 5) is 19.1. The number of aryl methyl sites for hydroxylation is 1. The second kappa shape index (κ2) is 12.9. The predicted molar refractivity (Wildman–Crippen MR) is 149 cm³/mol. The van der Waals surface area contributed by atoms with Gasteiger partial charge in [0.05, 0.1) is 23.3 Å². The maximum absolute atomic E-state index is 13.5. The second-order valence-corrected chi connectivity index (χ2v) is 9.74. The van der Waals surface area contributed by atoms with Crippen LogP contribution in [0.3, 0.4) is 0 Å². The van der Waals surface area contributed by atoms with Crippen LogP contribution in [-0.4, -0.2) is 28.5 Å². The Morgan fingerprint density at radius 1 is 0.811 bits per heavy atom. The van der Waals surface area contributed by atoms with Crippen molar-refractivity contribution in [2.75, 3.05) is 6.61 Å². The Kier molecular flexibility index (Phi) is 9.13. The molecule has 1 N–H and O–H groups in total. The van der Waals surface area contributed by atoms with Gasteiger partial charge in [-0.1, -0.05) is 109 Å². The molecule has 0 amide bonds. The van der Waals surface area contributed by atoms with Crippen molar-refractivity contribution in [2.24, 2.45) is 4.99 Å². The first kappa shape index (κ1) is 26.2. The van der Waals surface area contributed by atoms with Gasteiger partial charge in [-0.05, 0) is 31.5 Å². The number of nitrogens with one attached hydrogen (secondary N) is 1. The van der Waals surface area contributed by atoms with Crippen molar-refractivity contribution in [3.63, 3.8) is 0 Å². The topological polar surface area (TPSA) is 67.8 Å². The zero-order valence-electron chi connectivity index (χ0n) is 20.9. The molecular weight excluding hydrogens is 480 g/mol. The number of aliphatic imine (C=N–C) groups is 1. The van der Waals surface area contributed by atoms with E-state index in [0.29, 0.717) is 10.6 Å². The van der Waals surface area contributed by atoms with Crippen LogP contribution in [0.4, 0.5) is 0 Å². The molecule has 5 nitrogen and oxygen atoms in total. The van der Waals surface area contributed by atoms with Crippen molar-refractivity contribution < 1.29 is 13.7 Å². The molecule has 4 aromatic carbocycles. The molecule has 0 saturated heterocycles. The number of hydrogen-bond donors (Lipinski definition) is 1. The molecule has 4 aromatic rings. The molecule has 37 heavy (non-hydrogen) atoms. The molecule has 0 unspecified atom stereocenters. The fourth-order valence-electron chi connectivity index (χ4n) is 3.96. The van der Waals surface area contributed by atoms with Gasteiger partial charge in [-0.3, -0.25) is 4.99 Å². The van der Waals surface area contributed by atoms with Crippen molar-refractivity contribution in [2.45, 2.75) is 30.8 Å². The molecule has 3 atom stereocenters. The van der Waals surface area contributed by atoms with Crippen LogP contribution in [-0.2, 0) is 20.5 Å². The summed E-state index contributed by atoms with van der Waals surface area (Å²) < 4.78 is 22.1. The third kappa shape index (κ3) is 6.88. The Morgan fingerprint density at radius 2 is 1.32 bits per heavy atom. The average Bonchev–Trinajstić information content (AvgIpc) is 2.94. The lowest BCUT2D eigenvalue weighted by Gasteiger charge is -2.25. The summed E-state index contributed by atoms with van der Waals surface area (Å²) in [6.07, 6.45) is 0. The standard InChI is InChI=1S/C31H30N2O3S/c1-3-36-31(34)30(32-28(24-13-7-4-8-14-24)25-15-9-5-10-16-25)29(26-17-11-6-12-18-26)33-37(35)27-21-19-23(2)20-22-27/h4-22,29-30,33H,3H2,1-2H3/t29-,30+,37-/m0/s1. The molecule has 0 fully saturated rings. The minimum atomic E-state index is -1.59. The first-order chi connectivity index (χ1) is 18.1. The third-order valence-corrected chi connectivity index (χ3v) is 7.00. The maximum Gasteiger partial charge on any atom is 0.332 e. The molecular formula is C31H30N2O3S. The molecule has 4 rings (SSSR count). The van der Waals surface area contributed by atoms with Crippen LogP contribution in [0.1, 0.15) is 35.2 Å². The predicted octanol–water partition coefficient (Wildman–Crippen LogP) is 5.82. The highest BCUT2D eigenvalue weighted by atomic mass is 32.2. The van der Waals surface area contributed by atoms with Gasteiger partial charge in [-0.2, -0.15) is 0 Å². The minimum Gasteiger partial charge on any atom is -0.464 e. The van der Waals surface area contributed by atoms with Gasteiger partial charge < -0.3 is 4.74 Å². The number of benzene rings is 4. The van der Waals surface area contributed by atoms with Gasteiger partial charge in [0, 0.05) is 11.1 Å². The molecule has 0 heterocycles. The van der Waals surface area contributed by atoms with E-state index in [4.69, 9.17) is 9.73 Å². The third-order valence-electron chi connectivity index (χ3n) is 5.83. The first-order valence-electron chi connectivity index (χ1n) is 12.2. The van der Waals surface area contributed by atoms with Gasteiger partial charge in [-0.15, -0.1) is 0 Å². The number of hydrogen-bond acceptors (Lipinski definition) is 4. The van der Waals surface area contributed by atoms with Crippen molar-refractivity contribution in [1.82, 2.24) is 4.72 Å². The average molecular weight is 511 g/mol. The summed E-state index contributed by atoms with van der Waals surface area (Å²) >= 11 is 0. The second-order valence-electron chi connectivity index (χ2n) is 8.49. The molecule has 188 valence electrons. The van der Waals surface area contributed by atoms with E-state index < -0.39 is 29.0 Å². The molecule has 0 aliphatic carbocycles. The summed E-state index contributed by atoms with van der Waals surface area (Å²) in [7, 11) is -1.59. The van der Waals surface area contributed by atoms with E-state index in [2.05, 4.69) is 4.72 Å². The van der Waals surface area contributed by atoms with Gasteiger partial charge >= 0.3 is 5.97 Å². The van der Waals surface area contributed by atoms with Gasteiger partial charge in [0.1, 0.15) is 11.0 Å². The van der Waals surface area contributed by atoms with Crippen LogP contribution in [0.25, 0.3) is 0 Å². The van der Waals surface area contributed by atoms with Crippen LogP contribution in [0.2, 0.25) is 0 Å². The Bertz CT molecular complexity index is 1300. The Balaban J connectivity index is 1.84. The Labute approximate surface area is 220 Å². The SMILES string of the molecule is CCOC(=O)[C@H](N=C(c1ccccc1)c1ccccc1)[C@@H](N[S@@](=O)c1ccc(C)cc1)c1ccccc1. The lowest BCUT2D eigenvalue weighted by atomic mass is 9.98. The minimum absolute atomic E-state index is 0.208. The maximum atomic E-state index is 13.5. The summed E-state index contributed by atoms with van der Waals surface area (Å²) in [5.74, 6) is -0.492. The zero-order chi connectivity index (χ0) is 26.0. The van der Waals surface area contributed by atoms with Gasteiger partial charge in [0.2, 0.25) is 0 Å². The van der Waals surface area contributed by atoms with E-state index in [-0.39, 0.29) is 6.61 Å².